The highest BCUT2D eigenvalue weighted by molar-refractivity contribution is 7.16. The molecule has 0 fully saturated rings. The van der Waals surface area contributed by atoms with Crippen LogP contribution in [0.2, 0.25) is 0 Å². The monoisotopic (exact) mass is 260 g/mol. The van der Waals surface area contributed by atoms with Gasteiger partial charge in [-0.15, -0.1) is 9.24 Å². The summed E-state index contributed by atoms with van der Waals surface area (Å²) in [5.74, 6) is 0. The van der Waals surface area contributed by atoms with E-state index >= 15 is 0 Å². The molecule has 0 aliphatic rings. The lowest BCUT2D eigenvalue weighted by atomic mass is 9.86. The fourth-order valence-electron chi connectivity index (χ4n) is 2.36. The van der Waals surface area contributed by atoms with Gasteiger partial charge in [0.05, 0.1) is 12.2 Å². The number of rotatable bonds is 12. The first-order valence-electron chi connectivity index (χ1n) is 7.58. The van der Waals surface area contributed by atoms with E-state index in [0.717, 1.165) is 12.8 Å². The maximum Gasteiger partial charge on any atom is 0.0682 e. The second kappa shape index (κ2) is 11.5. The average molecular weight is 260 g/mol. The first-order valence-corrected chi connectivity index (χ1v) is 8.40. The molecule has 17 heavy (non-hydrogen) atoms. The van der Waals surface area contributed by atoms with Crippen molar-refractivity contribution in [3.63, 3.8) is 0 Å². The first kappa shape index (κ1) is 17.4. The molecule has 0 heterocycles. The Morgan fingerprint density at radius 3 is 1.53 bits per heavy atom. The molecule has 0 aliphatic carbocycles. The van der Waals surface area contributed by atoms with E-state index in [1.807, 2.05) is 0 Å². The van der Waals surface area contributed by atoms with Crippen molar-refractivity contribution in [2.45, 2.75) is 84.2 Å². The fraction of sp³-hybridized carbons (Fsp3) is 1.00. The zero-order valence-corrected chi connectivity index (χ0v) is 13.4. The molecule has 0 N–H and O–H groups in total. The van der Waals surface area contributed by atoms with Crippen molar-refractivity contribution >= 4 is 9.24 Å². The van der Waals surface area contributed by atoms with Gasteiger partial charge in [0.25, 0.3) is 0 Å². The lowest BCUT2D eigenvalue weighted by Crippen LogP contribution is -2.33. The summed E-state index contributed by atoms with van der Waals surface area (Å²) in [5, 5.41) is 0. The largest absolute Gasteiger partial charge is 0.375 e. The molecule has 104 valence electrons. The van der Waals surface area contributed by atoms with Crippen molar-refractivity contribution in [1.29, 1.82) is 0 Å². The van der Waals surface area contributed by atoms with Crippen LogP contribution in [-0.2, 0) is 4.74 Å². The zero-order valence-electron chi connectivity index (χ0n) is 12.3. The molecule has 0 aromatic carbocycles. The third-order valence-electron chi connectivity index (χ3n) is 3.48. The van der Waals surface area contributed by atoms with Gasteiger partial charge in [-0.05, 0) is 25.4 Å². The van der Waals surface area contributed by atoms with Crippen LogP contribution in [0.3, 0.4) is 0 Å². The minimum absolute atomic E-state index is 0.193. The molecule has 0 spiro atoms. The summed E-state index contributed by atoms with van der Waals surface area (Å²) in [5.41, 5.74) is 0.193. The molecule has 0 saturated carbocycles. The van der Waals surface area contributed by atoms with Gasteiger partial charge in [-0.3, -0.25) is 0 Å². The SMILES string of the molecule is CCCCC(CCCC)(CCCC)OCCP. The molecule has 0 amide bonds. The fourth-order valence-corrected chi connectivity index (χ4v) is 2.48. The van der Waals surface area contributed by atoms with Crippen LogP contribution in [-0.4, -0.2) is 18.4 Å². The first-order chi connectivity index (χ1) is 8.24. The average Bonchev–Trinajstić information content (AvgIpc) is 2.37. The van der Waals surface area contributed by atoms with Gasteiger partial charge in [-0.2, -0.15) is 0 Å². The number of hydrogen-bond acceptors (Lipinski definition) is 1. The van der Waals surface area contributed by atoms with Gasteiger partial charge in [0.15, 0.2) is 0 Å². The summed E-state index contributed by atoms with van der Waals surface area (Å²) in [4.78, 5) is 0. The van der Waals surface area contributed by atoms with E-state index in [1.54, 1.807) is 0 Å². The molecule has 1 atom stereocenters. The Labute approximate surface area is 111 Å². The molecule has 2 heteroatoms. The Hall–Kier alpha value is 0.390. The molecule has 0 radical (unpaired) electrons. The Kier molecular flexibility index (Phi) is 11.7. The summed E-state index contributed by atoms with van der Waals surface area (Å²) in [6, 6.07) is 0. The predicted molar refractivity (Wildman–Crippen MR) is 81.8 cm³/mol. The third-order valence-corrected chi connectivity index (χ3v) is 3.72. The van der Waals surface area contributed by atoms with Crippen LogP contribution in [0.25, 0.3) is 0 Å². The Bertz CT molecular complexity index is 121. The van der Waals surface area contributed by atoms with E-state index in [4.69, 9.17) is 4.74 Å². The summed E-state index contributed by atoms with van der Waals surface area (Å²) in [6.07, 6.45) is 12.6. The highest BCUT2D eigenvalue weighted by Gasteiger charge is 2.28. The van der Waals surface area contributed by atoms with Crippen molar-refractivity contribution in [3.8, 4) is 0 Å². The van der Waals surface area contributed by atoms with E-state index in [0.29, 0.717) is 0 Å². The molecule has 0 aromatic heterocycles. The van der Waals surface area contributed by atoms with Gasteiger partial charge in [-0.25, -0.2) is 0 Å². The van der Waals surface area contributed by atoms with Gasteiger partial charge < -0.3 is 4.74 Å². The Morgan fingerprint density at radius 1 is 0.824 bits per heavy atom. The van der Waals surface area contributed by atoms with Crippen LogP contribution in [0.5, 0.6) is 0 Å². The molecule has 0 aliphatic heterocycles. The molecule has 0 rings (SSSR count). The Morgan fingerprint density at radius 2 is 1.24 bits per heavy atom. The molecular weight excluding hydrogens is 227 g/mol. The standard InChI is InChI=1S/C15H33OP/c1-4-7-10-15(11-8-5-2,12-9-6-3)16-13-14-17/h4-14,17H2,1-3H3. The maximum atomic E-state index is 6.26. The van der Waals surface area contributed by atoms with Crippen molar-refractivity contribution in [3.05, 3.63) is 0 Å². The van der Waals surface area contributed by atoms with Gasteiger partial charge >= 0.3 is 0 Å². The van der Waals surface area contributed by atoms with Crippen LogP contribution >= 0.6 is 9.24 Å². The third kappa shape index (κ3) is 8.16. The smallest absolute Gasteiger partial charge is 0.0682 e. The van der Waals surface area contributed by atoms with E-state index in [2.05, 4.69) is 30.0 Å². The van der Waals surface area contributed by atoms with Crippen LogP contribution < -0.4 is 0 Å². The molecular formula is C15H33OP. The number of unbranched alkanes of at least 4 members (excludes halogenated alkanes) is 3. The van der Waals surface area contributed by atoms with E-state index in [-0.39, 0.29) is 5.60 Å². The van der Waals surface area contributed by atoms with Gasteiger partial charge in [0, 0.05) is 0 Å². The van der Waals surface area contributed by atoms with Crippen LogP contribution in [0, 0.1) is 0 Å². The lowest BCUT2D eigenvalue weighted by molar-refractivity contribution is -0.0605. The van der Waals surface area contributed by atoms with Crippen molar-refractivity contribution < 1.29 is 4.74 Å². The zero-order chi connectivity index (χ0) is 13.0. The van der Waals surface area contributed by atoms with Gasteiger partial charge in [0.1, 0.15) is 0 Å². The Balaban J connectivity index is 4.39. The topological polar surface area (TPSA) is 9.23 Å². The van der Waals surface area contributed by atoms with Crippen LogP contribution in [0.15, 0.2) is 0 Å². The van der Waals surface area contributed by atoms with E-state index in [1.165, 1.54) is 57.8 Å². The lowest BCUT2D eigenvalue weighted by Gasteiger charge is -2.34. The normalized spacial score (nSPS) is 12.0. The van der Waals surface area contributed by atoms with Gasteiger partial charge in [0.2, 0.25) is 0 Å². The van der Waals surface area contributed by atoms with Crippen molar-refractivity contribution in [2.24, 2.45) is 0 Å². The maximum absolute atomic E-state index is 6.26. The second-order valence-corrected chi connectivity index (χ2v) is 5.71. The van der Waals surface area contributed by atoms with Crippen LogP contribution in [0.1, 0.15) is 78.6 Å². The summed E-state index contributed by atoms with van der Waals surface area (Å²) in [7, 11) is 2.78. The molecule has 1 nitrogen and oxygen atoms in total. The number of ether oxygens (including phenoxy) is 1. The van der Waals surface area contributed by atoms with Crippen molar-refractivity contribution in [2.75, 3.05) is 12.8 Å². The van der Waals surface area contributed by atoms with E-state index in [9.17, 15) is 0 Å². The predicted octanol–water partition coefficient (Wildman–Crippen LogP) is 5.19. The molecule has 0 saturated heterocycles. The summed E-state index contributed by atoms with van der Waals surface area (Å²) < 4.78 is 6.26. The van der Waals surface area contributed by atoms with Crippen LogP contribution in [0.4, 0.5) is 0 Å². The minimum Gasteiger partial charge on any atom is -0.375 e. The summed E-state index contributed by atoms with van der Waals surface area (Å²) in [6.45, 7) is 7.74. The van der Waals surface area contributed by atoms with E-state index < -0.39 is 0 Å². The molecule has 0 bridgehead atoms. The minimum atomic E-state index is 0.193. The molecule has 1 unspecified atom stereocenters. The quantitative estimate of drug-likeness (QED) is 0.439. The van der Waals surface area contributed by atoms with Gasteiger partial charge in [-0.1, -0.05) is 59.3 Å². The second-order valence-electron chi connectivity index (χ2n) is 5.13. The highest BCUT2D eigenvalue weighted by Crippen LogP contribution is 2.31. The molecule has 0 aromatic rings. The van der Waals surface area contributed by atoms with Crippen molar-refractivity contribution in [1.82, 2.24) is 0 Å². The number of hydrogen-bond donors (Lipinski definition) is 0. The highest BCUT2D eigenvalue weighted by atomic mass is 31.0. The summed E-state index contributed by atoms with van der Waals surface area (Å²) >= 11 is 0.